The van der Waals surface area contributed by atoms with Gasteiger partial charge in [0.1, 0.15) is 5.75 Å². The number of nitrogens with zero attached hydrogens (tertiary/aromatic N) is 1. The summed E-state index contributed by atoms with van der Waals surface area (Å²) in [6.45, 7) is 3.78. The molecule has 22 heavy (non-hydrogen) atoms. The lowest BCUT2D eigenvalue weighted by Gasteiger charge is -2.13. The fourth-order valence-corrected chi connectivity index (χ4v) is 2.53. The Morgan fingerprint density at radius 1 is 1.27 bits per heavy atom. The van der Waals surface area contributed by atoms with Gasteiger partial charge in [-0.25, -0.2) is 0 Å². The number of hydrogen-bond acceptors (Lipinski definition) is 3. The van der Waals surface area contributed by atoms with E-state index in [1.807, 2.05) is 17.8 Å². The van der Waals surface area contributed by atoms with Crippen LogP contribution in [0.15, 0.2) is 23.2 Å². The molecule has 4 nitrogen and oxygen atoms in total. The van der Waals surface area contributed by atoms with Gasteiger partial charge in [-0.05, 0) is 49.0 Å². The molecule has 1 aromatic rings. The average Bonchev–Trinajstić information content (AvgIpc) is 2.50. The van der Waals surface area contributed by atoms with Gasteiger partial charge in [0, 0.05) is 20.1 Å². The molecule has 0 amide bonds. The van der Waals surface area contributed by atoms with Crippen molar-refractivity contribution in [2.24, 2.45) is 4.99 Å². The van der Waals surface area contributed by atoms with Crippen LogP contribution in [-0.2, 0) is 6.54 Å². The van der Waals surface area contributed by atoms with E-state index < -0.39 is 0 Å². The number of methoxy groups -OCH3 is 1. The predicted octanol–water partition coefficient (Wildman–Crippen LogP) is 3.43. The van der Waals surface area contributed by atoms with E-state index in [9.17, 15) is 0 Å². The number of aliphatic imine (C=N–C) groups is 1. The lowest BCUT2D eigenvalue weighted by molar-refractivity contribution is 0.411. The minimum absolute atomic E-state index is 0. The van der Waals surface area contributed by atoms with Crippen LogP contribution in [0.25, 0.3) is 0 Å². The first kappa shape index (κ1) is 21.4. The first-order valence-corrected chi connectivity index (χ1v) is 8.67. The maximum Gasteiger partial charge on any atom is 0.191 e. The minimum atomic E-state index is 0. The zero-order valence-electron chi connectivity index (χ0n) is 13.9. The molecule has 0 atom stereocenters. The number of ether oxygens (including phenoxy) is 1. The van der Waals surface area contributed by atoms with Crippen molar-refractivity contribution < 1.29 is 4.74 Å². The van der Waals surface area contributed by atoms with Gasteiger partial charge < -0.3 is 15.4 Å². The molecule has 0 aliphatic heterocycles. The highest BCUT2D eigenvalue weighted by Crippen LogP contribution is 2.18. The van der Waals surface area contributed by atoms with Crippen LogP contribution in [0.1, 0.15) is 24.0 Å². The Kier molecular flexibility index (Phi) is 12.5. The van der Waals surface area contributed by atoms with Crippen molar-refractivity contribution in [3.8, 4) is 5.75 Å². The Morgan fingerprint density at radius 2 is 2.05 bits per heavy atom. The van der Waals surface area contributed by atoms with Crippen molar-refractivity contribution in [1.82, 2.24) is 10.6 Å². The Bertz CT molecular complexity index is 455. The fourth-order valence-electron chi connectivity index (χ4n) is 2.04. The van der Waals surface area contributed by atoms with Gasteiger partial charge in [-0.3, -0.25) is 4.99 Å². The molecule has 0 bridgehead atoms. The van der Waals surface area contributed by atoms with Crippen molar-refractivity contribution in [2.75, 3.05) is 32.7 Å². The summed E-state index contributed by atoms with van der Waals surface area (Å²) in [5, 5.41) is 6.67. The third kappa shape index (κ3) is 8.12. The molecule has 0 saturated heterocycles. The molecule has 0 aromatic heterocycles. The molecule has 0 radical (unpaired) electrons. The van der Waals surface area contributed by atoms with E-state index >= 15 is 0 Å². The van der Waals surface area contributed by atoms with Gasteiger partial charge in [-0.2, -0.15) is 11.8 Å². The van der Waals surface area contributed by atoms with Gasteiger partial charge in [-0.15, -0.1) is 24.0 Å². The number of benzene rings is 1. The van der Waals surface area contributed by atoms with E-state index in [-0.39, 0.29) is 24.0 Å². The summed E-state index contributed by atoms with van der Waals surface area (Å²) in [7, 11) is 3.50. The lowest BCUT2D eigenvalue weighted by atomic mass is 10.1. The summed E-state index contributed by atoms with van der Waals surface area (Å²) in [5.41, 5.74) is 2.37. The molecular weight excluding hydrogens is 409 g/mol. The van der Waals surface area contributed by atoms with E-state index in [0.717, 1.165) is 30.4 Å². The van der Waals surface area contributed by atoms with Gasteiger partial charge in [0.15, 0.2) is 5.96 Å². The van der Waals surface area contributed by atoms with Gasteiger partial charge in [0.05, 0.1) is 7.11 Å². The van der Waals surface area contributed by atoms with Crippen LogP contribution in [0, 0.1) is 6.92 Å². The summed E-state index contributed by atoms with van der Waals surface area (Å²) in [6, 6.07) is 6.22. The van der Waals surface area contributed by atoms with Crippen molar-refractivity contribution >= 4 is 41.7 Å². The summed E-state index contributed by atoms with van der Waals surface area (Å²) in [6.07, 6.45) is 4.55. The SMILES string of the molecule is CN=C(NCCCCSC)NCc1ccc(OC)c(C)c1.I. The van der Waals surface area contributed by atoms with Crippen LogP contribution >= 0.6 is 35.7 Å². The number of hydrogen-bond donors (Lipinski definition) is 2. The molecule has 0 fully saturated rings. The van der Waals surface area contributed by atoms with Crippen LogP contribution < -0.4 is 15.4 Å². The van der Waals surface area contributed by atoms with E-state index in [2.05, 4.69) is 40.9 Å². The van der Waals surface area contributed by atoms with Crippen LogP contribution in [0.3, 0.4) is 0 Å². The molecule has 0 saturated carbocycles. The maximum atomic E-state index is 5.27. The van der Waals surface area contributed by atoms with Crippen LogP contribution in [0.4, 0.5) is 0 Å². The van der Waals surface area contributed by atoms with Gasteiger partial charge in [0.25, 0.3) is 0 Å². The molecular formula is C16H28IN3OS. The topological polar surface area (TPSA) is 45.7 Å². The lowest BCUT2D eigenvalue weighted by Crippen LogP contribution is -2.37. The van der Waals surface area contributed by atoms with E-state index in [4.69, 9.17) is 4.74 Å². The number of thioether (sulfide) groups is 1. The molecule has 1 rings (SSSR count). The zero-order valence-corrected chi connectivity index (χ0v) is 17.1. The Labute approximate surface area is 155 Å². The normalized spacial score (nSPS) is 10.8. The number of unbranched alkanes of at least 4 members (excludes halogenated alkanes) is 1. The summed E-state index contributed by atoms with van der Waals surface area (Å²) < 4.78 is 5.27. The quantitative estimate of drug-likeness (QED) is 0.283. The number of rotatable bonds is 8. The molecule has 6 heteroatoms. The number of halogens is 1. The Hall–Kier alpha value is -0.630. The highest BCUT2D eigenvalue weighted by atomic mass is 127. The molecule has 0 heterocycles. The van der Waals surface area contributed by atoms with Crippen molar-refractivity contribution in [1.29, 1.82) is 0 Å². The Balaban J connectivity index is 0.00000441. The first-order chi connectivity index (χ1) is 10.2. The molecule has 0 spiro atoms. The van der Waals surface area contributed by atoms with Crippen LogP contribution in [0.5, 0.6) is 5.75 Å². The highest BCUT2D eigenvalue weighted by Gasteiger charge is 2.01. The van der Waals surface area contributed by atoms with Crippen LogP contribution in [0.2, 0.25) is 0 Å². The fraction of sp³-hybridized carbons (Fsp3) is 0.562. The summed E-state index contributed by atoms with van der Waals surface area (Å²) in [5.74, 6) is 3.00. The van der Waals surface area contributed by atoms with Gasteiger partial charge >= 0.3 is 0 Å². The molecule has 0 aliphatic rings. The molecule has 126 valence electrons. The largest absolute Gasteiger partial charge is 0.496 e. The standard InChI is InChI=1S/C16H27N3OS.HI/c1-13-11-14(7-8-15(13)20-3)12-19-16(17-2)18-9-5-6-10-21-4;/h7-8,11H,5-6,9-10,12H2,1-4H3,(H2,17,18,19);1H. The third-order valence-corrected chi connectivity index (χ3v) is 3.91. The van der Waals surface area contributed by atoms with E-state index in [0.29, 0.717) is 0 Å². The molecule has 0 aliphatic carbocycles. The van der Waals surface area contributed by atoms with Crippen molar-refractivity contribution in [3.05, 3.63) is 29.3 Å². The van der Waals surface area contributed by atoms with Crippen molar-refractivity contribution in [2.45, 2.75) is 26.3 Å². The molecule has 2 N–H and O–H groups in total. The Morgan fingerprint density at radius 3 is 2.64 bits per heavy atom. The summed E-state index contributed by atoms with van der Waals surface area (Å²) in [4.78, 5) is 4.24. The minimum Gasteiger partial charge on any atom is -0.496 e. The second-order valence-electron chi connectivity index (χ2n) is 4.86. The average molecular weight is 437 g/mol. The first-order valence-electron chi connectivity index (χ1n) is 7.28. The number of aryl methyl sites for hydroxylation is 1. The molecule has 0 unspecified atom stereocenters. The maximum absolute atomic E-state index is 5.27. The molecule has 1 aromatic carbocycles. The van der Waals surface area contributed by atoms with Gasteiger partial charge in [-0.1, -0.05) is 12.1 Å². The van der Waals surface area contributed by atoms with E-state index in [1.165, 1.54) is 24.2 Å². The van der Waals surface area contributed by atoms with Crippen LogP contribution in [-0.4, -0.2) is 38.7 Å². The monoisotopic (exact) mass is 437 g/mol. The van der Waals surface area contributed by atoms with Gasteiger partial charge in [0.2, 0.25) is 0 Å². The van der Waals surface area contributed by atoms with E-state index in [1.54, 1.807) is 14.2 Å². The number of guanidine groups is 1. The second-order valence-corrected chi connectivity index (χ2v) is 5.84. The second kappa shape index (κ2) is 12.9. The smallest absolute Gasteiger partial charge is 0.191 e. The predicted molar refractivity (Wildman–Crippen MR) is 109 cm³/mol. The zero-order chi connectivity index (χ0) is 15.5. The highest BCUT2D eigenvalue weighted by molar-refractivity contribution is 14.0. The third-order valence-electron chi connectivity index (χ3n) is 3.21. The van der Waals surface area contributed by atoms with Crippen molar-refractivity contribution in [3.63, 3.8) is 0 Å². The number of nitrogens with one attached hydrogen (secondary N) is 2. The summed E-state index contributed by atoms with van der Waals surface area (Å²) >= 11 is 1.89.